The molecule has 0 saturated carbocycles. The normalized spacial score (nSPS) is 12.3. The fourth-order valence-corrected chi connectivity index (χ4v) is 4.44. The first kappa shape index (κ1) is 16.6. The maximum atomic E-state index is 12.0. The largest absolute Gasteiger partial charge is 0.311 e. The number of rotatable bonds is 4. The summed E-state index contributed by atoms with van der Waals surface area (Å²) in [5.41, 5.74) is 0. The Hall–Kier alpha value is -0.740. The quantitative estimate of drug-likeness (QED) is 0.706. The summed E-state index contributed by atoms with van der Waals surface area (Å²) >= 11 is 6.32. The first-order valence-corrected chi connectivity index (χ1v) is 9.83. The van der Waals surface area contributed by atoms with Gasteiger partial charge in [0, 0.05) is 8.95 Å². The van der Waals surface area contributed by atoms with Crippen LogP contribution in [-0.2, 0) is 23.9 Å². The van der Waals surface area contributed by atoms with Gasteiger partial charge in [0.1, 0.15) is 0 Å². The van der Waals surface area contributed by atoms with E-state index in [4.69, 9.17) is 0 Å². The molecule has 0 aliphatic heterocycles. The molecule has 0 heterocycles. The molecule has 0 unspecified atom stereocenters. The zero-order valence-electron chi connectivity index (χ0n) is 10.2. The van der Waals surface area contributed by atoms with Crippen LogP contribution in [0.25, 0.3) is 0 Å². The Morgan fingerprint density at radius 2 is 0.905 bits per heavy atom. The van der Waals surface area contributed by atoms with Crippen LogP contribution < -0.4 is 0 Å². The fourth-order valence-electron chi connectivity index (χ4n) is 1.40. The van der Waals surface area contributed by atoms with Gasteiger partial charge < -0.3 is 0 Å². The van der Waals surface area contributed by atoms with Crippen molar-refractivity contribution in [2.24, 2.45) is 0 Å². The minimum Gasteiger partial charge on any atom is -0.193 e. The average molecular weight is 456 g/mol. The van der Waals surface area contributed by atoms with E-state index in [1.807, 2.05) is 0 Å². The van der Waals surface area contributed by atoms with Gasteiger partial charge in [-0.2, -0.15) is 16.8 Å². The van der Waals surface area contributed by atoms with Crippen molar-refractivity contribution in [2.75, 3.05) is 0 Å². The van der Waals surface area contributed by atoms with Crippen molar-refractivity contribution in [3.05, 3.63) is 57.5 Å². The molecule has 0 atom stereocenters. The van der Waals surface area contributed by atoms with E-state index in [9.17, 15) is 16.8 Å². The molecule has 0 aliphatic rings. The van der Waals surface area contributed by atoms with Gasteiger partial charge in [0.15, 0.2) is 0 Å². The molecular weight excluding hydrogens is 448 g/mol. The highest BCUT2D eigenvalue weighted by Crippen LogP contribution is 2.22. The number of benzene rings is 2. The smallest absolute Gasteiger partial charge is 0.193 e. The molecule has 21 heavy (non-hydrogen) atoms. The van der Waals surface area contributed by atoms with Gasteiger partial charge in [-0.3, -0.25) is 0 Å². The van der Waals surface area contributed by atoms with E-state index in [1.54, 1.807) is 0 Å². The lowest BCUT2D eigenvalue weighted by Crippen LogP contribution is -2.14. The molecule has 0 aromatic heterocycles. The maximum absolute atomic E-state index is 12.0. The van der Waals surface area contributed by atoms with Crippen LogP contribution in [0.3, 0.4) is 0 Å². The molecule has 0 aliphatic carbocycles. The molecule has 0 spiro atoms. The van der Waals surface area contributed by atoms with Crippen LogP contribution in [0, 0.1) is 0 Å². The first-order chi connectivity index (χ1) is 9.71. The van der Waals surface area contributed by atoms with Crippen LogP contribution in [0.5, 0.6) is 0 Å². The van der Waals surface area contributed by atoms with Crippen LogP contribution in [0.2, 0.25) is 0 Å². The summed E-state index contributed by atoms with van der Waals surface area (Å²) < 4.78 is 53.6. The van der Waals surface area contributed by atoms with Gasteiger partial charge in [0.05, 0.1) is 9.79 Å². The molecule has 0 fully saturated rings. The van der Waals surface area contributed by atoms with Crippen LogP contribution in [0.15, 0.2) is 67.3 Å². The molecule has 0 saturated heterocycles. The van der Waals surface area contributed by atoms with Gasteiger partial charge in [-0.15, -0.1) is 3.63 Å². The Bertz CT molecular complexity index is 768. The number of halogens is 2. The van der Waals surface area contributed by atoms with Gasteiger partial charge in [-0.05, 0) is 48.5 Å². The van der Waals surface area contributed by atoms with Gasteiger partial charge in [0.25, 0.3) is 0 Å². The van der Waals surface area contributed by atoms with E-state index in [1.165, 1.54) is 48.5 Å². The minimum atomic E-state index is -4.41. The second-order valence-electron chi connectivity index (χ2n) is 3.88. The lowest BCUT2D eigenvalue weighted by Gasteiger charge is -2.06. The SMILES string of the molecule is O=S(=O)(OS(=O)(=O)c1ccc(Br)cc1)c1ccc(Br)cc1. The Morgan fingerprint density at radius 3 is 1.19 bits per heavy atom. The van der Waals surface area contributed by atoms with E-state index in [2.05, 4.69) is 35.5 Å². The summed E-state index contributed by atoms with van der Waals surface area (Å²) in [4.78, 5) is -0.488. The highest BCUT2D eigenvalue weighted by molar-refractivity contribution is 9.10. The summed E-state index contributed by atoms with van der Waals surface area (Å²) in [6.45, 7) is 0. The van der Waals surface area contributed by atoms with Crippen molar-refractivity contribution >= 4 is 52.1 Å². The molecule has 5 nitrogen and oxygen atoms in total. The fraction of sp³-hybridized carbons (Fsp3) is 0. The van der Waals surface area contributed by atoms with Crippen molar-refractivity contribution in [2.45, 2.75) is 9.79 Å². The van der Waals surface area contributed by atoms with Crippen LogP contribution in [0.4, 0.5) is 0 Å². The standard InChI is InChI=1S/C12H8Br2O5S2/c13-9-1-5-11(6-2-9)20(15,16)19-21(17,18)12-7-3-10(14)4-8-12/h1-8H. The molecule has 2 aromatic carbocycles. The second-order valence-corrected chi connectivity index (χ2v) is 9.02. The molecule has 0 N–H and O–H groups in total. The zero-order chi connectivity index (χ0) is 15.7. The first-order valence-electron chi connectivity index (χ1n) is 5.43. The molecule has 2 rings (SSSR count). The van der Waals surface area contributed by atoms with Gasteiger partial charge in [-0.25, -0.2) is 0 Å². The number of hydrogen-bond donors (Lipinski definition) is 0. The van der Waals surface area contributed by atoms with Crippen molar-refractivity contribution in [3.8, 4) is 0 Å². The second kappa shape index (κ2) is 6.17. The summed E-state index contributed by atoms with van der Waals surface area (Å²) in [7, 11) is -8.83. The summed E-state index contributed by atoms with van der Waals surface area (Å²) in [6, 6.07) is 10.9. The predicted octanol–water partition coefficient (Wildman–Crippen LogP) is 3.31. The lowest BCUT2D eigenvalue weighted by atomic mass is 10.4. The van der Waals surface area contributed by atoms with Crippen molar-refractivity contribution in [3.63, 3.8) is 0 Å². The van der Waals surface area contributed by atoms with Gasteiger partial charge in [-0.1, -0.05) is 31.9 Å². The third kappa shape index (κ3) is 4.13. The summed E-state index contributed by atoms with van der Waals surface area (Å²) in [5.74, 6) is 0. The molecule has 9 heteroatoms. The van der Waals surface area contributed by atoms with Crippen molar-refractivity contribution in [1.82, 2.24) is 0 Å². The van der Waals surface area contributed by atoms with E-state index in [0.29, 0.717) is 8.95 Å². The monoisotopic (exact) mass is 454 g/mol. The van der Waals surface area contributed by atoms with Crippen molar-refractivity contribution in [1.29, 1.82) is 0 Å². The summed E-state index contributed by atoms with van der Waals surface area (Å²) in [5, 5.41) is 0. The van der Waals surface area contributed by atoms with Gasteiger partial charge in [0.2, 0.25) is 0 Å². The topological polar surface area (TPSA) is 77.5 Å². The Labute approximate surface area is 139 Å². The minimum absolute atomic E-state index is 0.244. The molecule has 112 valence electrons. The maximum Gasteiger partial charge on any atom is 0.311 e. The number of hydrogen-bond acceptors (Lipinski definition) is 5. The van der Waals surface area contributed by atoms with E-state index in [-0.39, 0.29) is 9.79 Å². The predicted molar refractivity (Wildman–Crippen MR) is 83.7 cm³/mol. The lowest BCUT2D eigenvalue weighted by molar-refractivity contribution is 0.461. The average Bonchev–Trinajstić information content (AvgIpc) is 2.38. The van der Waals surface area contributed by atoms with E-state index >= 15 is 0 Å². The Balaban J connectivity index is 2.35. The third-order valence-corrected chi connectivity index (χ3v) is 6.57. The van der Waals surface area contributed by atoms with Gasteiger partial charge >= 0.3 is 20.2 Å². The zero-order valence-corrected chi connectivity index (χ0v) is 15.0. The summed E-state index contributed by atoms with van der Waals surface area (Å²) in [6.07, 6.45) is 0. The van der Waals surface area contributed by atoms with Crippen LogP contribution in [-0.4, -0.2) is 16.8 Å². The van der Waals surface area contributed by atoms with Crippen molar-refractivity contribution < 1.29 is 20.5 Å². The van der Waals surface area contributed by atoms with Crippen LogP contribution >= 0.6 is 31.9 Å². The Morgan fingerprint density at radius 1 is 0.619 bits per heavy atom. The molecule has 2 aromatic rings. The highest BCUT2D eigenvalue weighted by Gasteiger charge is 2.26. The van der Waals surface area contributed by atoms with E-state index in [0.717, 1.165) is 0 Å². The van der Waals surface area contributed by atoms with Crippen LogP contribution in [0.1, 0.15) is 0 Å². The molecule has 0 amide bonds. The molecule has 0 bridgehead atoms. The molecule has 0 radical (unpaired) electrons. The third-order valence-electron chi connectivity index (χ3n) is 2.38. The Kier molecular flexibility index (Phi) is 4.89. The van der Waals surface area contributed by atoms with E-state index < -0.39 is 20.2 Å². The molecular formula is C12H8Br2O5S2. The highest BCUT2D eigenvalue weighted by atomic mass is 79.9.